The van der Waals surface area contributed by atoms with E-state index in [-0.39, 0.29) is 5.91 Å². The van der Waals surface area contributed by atoms with Crippen molar-refractivity contribution in [2.45, 2.75) is 0 Å². The summed E-state index contributed by atoms with van der Waals surface area (Å²) in [5.41, 5.74) is 1.81. The van der Waals surface area contributed by atoms with Crippen LogP contribution in [-0.2, 0) is 4.79 Å². The molecule has 0 unspecified atom stereocenters. The normalized spacial score (nSPS) is 10.5. The highest BCUT2D eigenvalue weighted by Gasteiger charge is 1.97. The Labute approximate surface area is 120 Å². The van der Waals surface area contributed by atoms with Crippen molar-refractivity contribution in [3.8, 4) is 0 Å². The monoisotopic (exact) mass is 349 g/mol. The van der Waals surface area contributed by atoms with Crippen LogP contribution in [-0.4, -0.2) is 5.91 Å². The van der Waals surface area contributed by atoms with E-state index >= 15 is 0 Å². The first-order valence-corrected chi connectivity index (χ1v) is 6.61. The molecule has 3 heteroatoms. The smallest absolute Gasteiger partial charge is 0.248 e. The predicted molar refractivity (Wildman–Crippen MR) is 83.3 cm³/mol. The van der Waals surface area contributed by atoms with Gasteiger partial charge in [-0.05, 0) is 58.5 Å². The lowest BCUT2D eigenvalue weighted by atomic mass is 10.2. The Balaban J connectivity index is 1.97. The summed E-state index contributed by atoms with van der Waals surface area (Å²) in [6, 6.07) is 17.4. The van der Waals surface area contributed by atoms with Gasteiger partial charge in [0.1, 0.15) is 0 Å². The van der Waals surface area contributed by atoms with Gasteiger partial charge in [0.2, 0.25) is 5.91 Å². The molecule has 0 heterocycles. The molecule has 2 aromatic rings. The maximum absolute atomic E-state index is 11.7. The molecule has 0 aliphatic rings. The quantitative estimate of drug-likeness (QED) is 0.660. The summed E-state index contributed by atoms with van der Waals surface area (Å²) in [6.07, 6.45) is 3.33. The summed E-state index contributed by atoms with van der Waals surface area (Å²) in [6.45, 7) is 0. The Morgan fingerprint density at radius 3 is 2.33 bits per heavy atom. The Bertz CT molecular complexity index is 546. The molecule has 0 spiro atoms. The van der Waals surface area contributed by atoms with Gasteiger partial charge in [0.05, 0.1) is 0 Å². The van der Waals surface area contributed by atoms with Crippen molar-refractivity contribution < 1.29 is 4.79 Å². The molecule has 90 valence electrons. The maximum atomic E-state index is 11.7. The van der Waals surface area contributed by atoms with Crippen LogP contribution in [0.4, 0.5) is 5.69 Å². The minimum absolute atomic E-state index is 0.125. The van der Waals surface area contributed by atoms with E-state index in [1.165, 1.54) is 6.08 Å². The Morgan fingerprint density at radius 1 is 1.00 bits per heavy atom. The van der Waals surface area contributed by atoms with E-state index in [1.807, 2.05) is 54.6 Å². The molecule has 0 aliphatic carbocycles. The SMILES string of the molecule is O=C(/C=C\c1ccccc1)Nc1ccc(I)cc1. The molecule has 0 atom stereocenters. The van der Waals surface area contributed by atoms with Crippen molar-refractivity contribution in [1.82, 2.24) is 0 Å². The molecule has 0 saturated carbocycles. The second-order valence-electron chi connectivity index (χ2n) is 3.74. The number of benzene rings is 2. The van der Waals surface area contributed by atoms with E-state index in [4.69, 9.17) is 0 Å². The van der Waals surface area contributed by atoms with Gasteiger partial charge in [0, 0.05) is 15.3 Å². The summed E-state index contributed by atoms with van der Waals surface area (Å²) in [7, 11) is 0. The van der Waals surface area contributed by atoms with E-state index < -0.39 is 0 Å². The highest BCUT2D eigenvalue weighted by atomic mass is 127. The first kappa shape index (κ1) is 12.8. The van der Waals surface area contributed by atoms with E-state index in [9.17, 15) is 4.79 Å². The molecule has 0 fully saturated rings. The van der Waals surface area contributed by atoms with E-state index in [0.717, 1.165) is 14.8 Å². The summed E-state index contributed by atoms with van der Waals surface area (Å²) in [5, 5.41) is 2.81. The Hall–Kier alpha value is -1.62. The lowest BCUT2D eigenvalue weighted by Crippen LogP contribution is -2.07. The van der Waals surface area contributed by atoms with Crippen LogP contribution in [0.5, 0.6) is 0 Å². The molecule has 18 heavy (non-hydrogen) atoms. The van der Waals surface area contributed by atoms with Crippen molar-refractivity contribution in [1.29, 1.82) is 0 Å². The van der Waals surface area contributed by atoms with Gasteiger partial charge in [-0.3, -0.25) is 4.79 Å². The summed E-state index contributed by atoms with van der Waals surface area (Å²) >= 11 is 2.23. The largest absolute Gasteiger partial charge is 0.323 e. The summed E-state index contributed by atoms with van der Waals surface area (Å²) < 4.78 is 1.14. The fourth-order valence-electron chi connectivity index (χ4n) is 1.45. The number of hydrogen-bond donors (Lipinski definition) is 1. The second-order valence-corrected chi connectivity index (χ2v) is 4.99. The number of carbonyl (C=O) groups excluding carboxylic acids is 1. The molecule has 1 amide bonds. The third-order valence-electron chi connectivity index (χ3n) is 2.34. The lowest BCUT2D eigenvalue weighted by Gasteiger charge is -2.01. The second kappa shape index (κ2) is 6.35. The van der Waals surface area contributed by atoms with Crippen molar-refractivity contribution in [3.05, 3.63) is 69.8 Å². The van der Waals surface area contributed by atoms with Crippen LogP contribution in [0, 0.1) is 3.57 Å². The average Bonchev–Trinajstić information content (AvgIpc) is 2.40. The van der Waals surface area contributed by atoms with Gasteiger partial charge in [-0.25, -0.2) is 0 Å². The number of anilines is 1. The molecule has 0 radical (unpaired) electrons. The Kier molecular flexibility index (Phi) is 4.52. The molecule has 0 saturated heterocycles. The van der Waals surface area contributed by atoms with Gasteiger partial charge in [0.15, 0.2) is 0 Å². The van der Waals surface area contributed by atoms with Crippen molar-refractivity contribution in [2.24, 2.45) is 0 Å². The van der Waals surface area contributed by atoms with Gasteiger partial charge in [-0.2, -0.15) is 0 Å². The third-order valence-corrected chi connectivity index (χ3v) is 3.06. The van der Waals surface area contributed by atoms with Crippen molar-refractivity contribution >= 4 is 40.3 Å². The predicted octanol–water partition coefficient (Wildman–Crippen LogP) is 3.94. The van der Waals surface area contributed by atoms with Crippen LogP contribution < -0.4 is 5.32 Å². The minimum Gasteiger partial charge on any atom is -0.323 e. The fourth-order valence-corrected chi connectivity index (χ4v) is 1.81. The topological polar surface area (TPSA) is 29.1 Å². The van der Waals surface area contributed by atoms with Gasteiger partial charge in [0.25, 0.3) is 0 Å². The number of rotatable bonds is 3. The first-order valence-electron chi connectivity index (χ1n) is 5.54. The van der Waals surface area contributed by atoms with Crippen molar-refractivity contribution in [2.75, 3.05) is 5.32 Å². The van der Waals surface area contributed by atoms with E-state index in [2.05, 4.69) is 27.9 Å². The summed E-state index contributed by atoms with van der Waals surface area (Å²) in [5.74, 6) is -0.125. The number of hydrogen-bond acceptors (Lipinski definition) is 1. The van der Waals surface area contributed by atoms with Gasteiger partial charge >= 0.3 is 0 Å². The molecule has 2 rings (SSSR count). The van der Waals surface area contributed by atoms with Crippen molar-refractivity contribution in [3.63, 3.8) is 0 Å². The third kappa shape index (κ3) is 4.00. The van der Waals surface area contributed by atoms with Gasteiger partial charge < -0.3 is 5.32 Å². The minimum atomic E-state index is -0.125. The van der Waals surface area contributed by atoms with Crippen LogP contribution >= 0.6 is 22.6 Å². The number of halogens is 1. The molecule has 2 nitrogen and oxygen atoms in total. The highest BCUT2D eigenvalue weighted by molar-refractivity contribution is 14.1. The van der Waals surface area contributed by atoms with E-state index in [1.54, 1.807) is 6.08 Å². The standard InChI is InChI=1S/C15H12INO/c16-13-7-9-14(10-8-13)17-15(18)11-6-12-4-2-1-3-5-12/h1-11H,(H,17,18)/b11-6-. The summed E-state index contributed by atoms with van der Waals surface area (Å²) in [4.78, 5) is 11.7. The van der Waals surface area contributed by atoms with Crippen LogP contribution in [0.25, 0.3) is 6.08 Å². The molecule has 0 aliphatic heterocycles. The van der Waals surface area contributed by atoms with Crippen LogP contribution in [0.3, 0.4) is 0 Å². The average molecular weight is 349 g/mol. The molecule has 0 aromatic heterocycles. The Morgan fingerprint density at radius 2 is 1.67 bits per heavy atom. The fraction of sp³-hybridized carbons (Fsp3) is 0. The van der Waals surface area contributed by atoms with Crippen LogP contribution in [0.15, 0.2) is 60.7 Å². The number of nitrogens with one attached hydrogen (secondary N) is 1. The molecule has 1 N–H and O–H groups in total. The van der Waals surface area contributed by atoms with Gasteiger partial charge in [-0.15, -0.1) is 0 Å². The van der Waals surface area contributed by atoms with Crippen LogP contribution in [0.1, 0.15) is 5.56 Å². The lowest BCUT2D eigenvalue weighted by molar-refractivity contribution is -0.111. The highest BCUT2D eigenvalue weighted by Crippen LogP contribution is 2.11. The van der Waals surface area contributed by atoms with Crippen LogP contribution in [0.2, 0.25) is 0 Å². The first-order chi connectivity index (χ1) is 8.74. The zero-order chi connectivity index (χ0) is 12.8. The van der Waals surface area contributed by atoms with Gasteiger partial charge in [-0.1, -0.05) is 30.3 Å². The molecular formula is C15H12INO. The molecular weight excluding hydrogens is 337 g/mol. The zero-order valence-corrected chi connectivity index (χ0v) is 11.8. The number of carbonyl (C=O) groups is 1. The maximum Gasteiger partial charge on any atom is 0.248 e. The molecule has 2 aromatic carbocycles. The molecule has 0 bridgehead atoms. The van der Waals surface area contributed by atoms with E-state index in [0.29, 0.717) is 0 Å². The number of amides is 1. The zero-order valence-electron chi connectivity index (χ0n) is 9.64.